The fourth-order valence-corrected chi connectivity index (χ4v) is 2.65. The zero-order valence-electron chi connectivity index (χ0n) is 13.7. The molecule has 0 aromatic heterocycles. The second kappa shape index (κ2) is 7.38. The van der Waals surface area contributed by atoms with Crippen LogP contribution in [0.4, 0.5) is 13.2 Å². The molecule has 0 heterocycles. The van der Waals surface area contributed by atoms with Crippen molar-refractivity contribution in [1.82, 2.24) is 5.32 Å². The van der Waals surface area contributed by atoms with Crippen molar-refractivity contribution in [3.63, 3.8) is 0 Å². The van der Waals surface area contributed by atoms with Crippen LogP contribution in [0.3, 0.4) is 0 Å². The summed E-state index contributed by atoms with van der Waals surface area (Å²) in [5.41, 5.74) is -1.85. The minimum atomic E-state index is -4.60. The Kier molecular flexibility index (Phi) is 6.32. The highest BCUT2D eigenvalue weighted by molar-refractivity contribution is 5.83. The Morgan fingerprint density at radius 1 is 1.18 bits per heavy atom. The van der Waals surface area contributed by atoms with Crippen molar-refractivity contribution in [2.45, 2.75) is 77.6 Å². The summed E-state index contributed by atoms with van der Waals surface area (Å²) in [4.78, 5) is 11.6. The predicted molar refractivity (Wildman–Crippen MR) is 79.2 cm³/mol. The summed E-state index contributed by atoms with van der Waals surface area (Å²) in [5.74, 6) is -0.777. The molecule has 0 spiro atoms. The molecule has 0 aromatic carbocycles. The number of hydrogen-bond donors (Lipinski definition) is 1. The fraction of sp³-hybridized carbons (Fsp3) is 0.812. The molecule has 1 atom stereocenters. The monoisotopic (exact) mass is 321 g/mol. The van der Waals surface area contributed by atoms with E-state index in [0.29, 0.717) is 6.08 Å². The van der Waals surface area contributed by atoms with Gasteiger partial charge in [-0.25, -0.2) is 4.79 Å². The van der Waals surface area contributed by atoms with Crippen LogP contribution in [0.15, 0.2) is 11.8 Å². The summed E-state index contributed by atoms with van der Waals surface area (Å²) in [6.45, 7) is 6.59. The molecule has 1 N–H and O–H groups in total. The zero-order chi connectivity index (χ0) is 17.0. The van der Waals surface area contributed by atoms with Gasteiger partial charge < -0.3 is 10.1 Å². The molecule has 22 heavy (non-hydrogen) atoms. The zero-order valence-corrected chi connectivity index (χ0v) is 13.7. The number of rotatable bonds is 4. The van der Waals surface area contributed by atoms with Gasteiger partial charge in [-0.1, -0.05) is 19.3 Å². The van der Waals surface area contributed by atoms with E-state index in [2.05, 4.69) is 5.32 Å². The van der Waals surface area contributed by atoms with Gasteiger partial charge in [0.1, 0.15) is 11.3 Å². The topological polar surface area (TPSA) is 38.3 Å². The number of ether oxygens (including phenoxy) is 1. The first kappa shape index (κ1) is 18.8. The Labute approximate surface area is 130 Å². The number of alkyl halides is 3. The van der Waals surface area contributed by atoms with Gasteiger partial charge >= 0.3 is 12.1 Å². The molecule has 0 amide bonds. The van der Waals surface area contributed by atoms with Gasteiger partial charge in [0.2, 0.25) is 0 Å². The first-order valence-electron chi connectivity index (χ1n) is 7.77. The van der Waals surface area contributed by atoms with E-state index < -0.39 is 23.4 Å². The molecule has 0 aromatic rings. The third kappa shape index (κ3) is 6.71. The summed E-state index contributed by atoms with van der Waals surface area (Å²) in [5, 5.41) is 2.48. The summed E-state index contributed by atoms with van der Waals surface area (Å²) >= 11 is 0. The number of hydrogen-bond acceptors (Lipinski definition) is 3. The Morgan fingerprint density at radius 2 is 1.73 bits per heavy atom. The van der Waals surface area contributed by atoms with Crippen molar-refractivity contribution in [3.8, 4) is 0 Å². The maximum absolute atomic E-state index is 13.1. The standard InChI is InChI=1S/C16H26F3NO2/c1-11(12-8-6-5-7-9-12)20-13(16(17,18)19)10-14(21)22-15(2,3)4/h10-12,20H,5-9H2,1-4H3/b13-10+/t11-/m0/s1. The van der Waals surface area contributed by atoms with Crippen LogP contribution in [-0.4, -0.2) is 23.8 Å². The molecule has 0 saturated heterocycles. The lowest BCUT2D eigenvalue weighted by atomic mass is 9.84. The van der Waals surface area contributed by atoms with Gasteiger partial charge in [-0.2, -0.15) is 13.2 Å². The van der Waals surface area contributed by atoms with Crippen molar-refractivity contribution in [2.24, 2.45) is 5.92 Å². The normalized spacial score (nSPS) is 19.7. The Balaban J connectivity index is 2.78. The van der Waals surface area contributed by atoms with E-state index in [1.807, 2.05) is 0 Å². The summed E-state index contributed by atoms with van der Waals surface area (Å²) < 4.78 is 44.2. The number of allylic oxidation sites excluding steroid dienone is 1. The number of carbonyl (C=O) groups is 1. The third-order valence-corrected chi connectivity index (χ3v) is 3.71. The third-order valence-electron chi connectivity index (χ3n) is 3.71. The molecule has 1 aliphatic carbocycles. The largest absolute Gasteiger partial charge is 0.457 e. The SMILES string of the molecule is C[C@H](N/C(=C/C(=O)OC(C)(C)C)C(F)(F)F)C1CCCCC1. The van der Waals surface area contributed by atoms with Crippen LogP contribution >= 0.6 is 0 Å². The maximum atomic E-state index is 13.1. The lowest BCUT2D eigenvalue weighted by Crippen LogP contribution is -2.39. The van der Waals surface area contributed by atoms with Gasteiger partial charge in [-0.3, -0.25) is 0 Å². The van der Waals surface area contributed by atoms with Gasteiger partial charge in [0.05, 0.1) is 6.08 Å². The molecule has 1 fully saturated rings. The Hall–Kier alpha value is -1.20. The molecule has 6 heteroatoms. The first-order chi connectivity index (χ1) is 9.99. The number of nitrogens with one attached hydrogen (secondary N) is 1. The maximum Gasteiger partial charge on any atom is 0.431 e. The Morgan fingerprint density at radius 3 is 2.18 bits per heavy atom. The van der Waals surface area contributed by atoms with E-state index in [4.69, 9.17) is 4.74 Å². The van der Waals surface area contributed by atoms with Crippen molar-refractivity contribution < 1.29 is 22.7 Å². The highest BCUT2D eigenvalue weighted by Crippen LogP contribution is 2.29. The van der Waals surface area contributed by atoms with Crippen LogP contribution in [0, 0.1) is 5.92 Å². The van der Waals surface area contributed by atoms with Crippen molar-refractivity contribution >= 4 is 5.97 Å². The van der Waals surface area contributed by atoms with Crippen molar-refractivity contribution in [1.29, 1.82) is 0 Å². The highest BCUT2D eigenvalue weighted by atomic mass is 19.4. The van der Waals surface area contributed by atoms with E-state index in [1.54, 1.807) is 27.7 Å². The molecule has 128 valence electrons. The molecule has 1 saturated carbocycles. The molecule has 0 unspecified atom stereocenters. The second-order valence-electron chi connectivity index (χ2n) is 6.92. The number of esters is 1. The molecule has 1 rings (SSSR count). The van der Waals surface area contributed by atoms with Crippen molar-refractivity contribution in [2.75, 3.05) is 0 Å². The smallest absolute Gasteiger partial charge is 0.431 e. The van der Waals surface area contributed by atoms with Gasteiger partial charge in [0, 0.05) is 6.04 Å². The first-order valence-corrected chi connectivity index (χ1v) is 7.77. The molecule has 0 radical (unpaired) electrons. The average molecular weight is 321 g/mol. The summed E-state index contributed by atoms with van der Waals surface area (Å²) in [7, 11) is 0. The van der Waals surface area contributed by atoms with Gasteiger partial charge in [0.25, 0.3) is 0 Å². The lowest BCUT2D eigenvalue weighted by Gasteiger charge is -2.30. The minimum absolute atomic E-state index is 0.207. The number of carbonyl (C=O) groups excluding carboxylic acids is 1. The van der Waals surface area contributed by atoms with E-state index >= 15 is 0 Å². The van der Waals surface area contributed by atoms with Gasteiger partial charge in [-0.15, -0.1) is 0 Å². The van der Waals surface area contributed by atoms with E-state index in [9.17, 15) is 18.0 Å². The number of halogens is 3. The predicted octanol–water partition coefficient (Wildman–Crippen LogP) is 4.33. The fourth-order valence-electron chi connectivity index (χ4n) is 2.65. The Bertz CT molecular complexity index is 405. The van der Waals surface area contributed by atoms with E-state index in [0.717, 1.165) is 32.1 Å². The molecule has 3 nitrogen and oxygen atoms in total. The van der Waals surface area contributed by atoms with Crippen molar-refractivity contribution in [3.05, 3.63) is 11.8 Å². The summed E-state index contributed by atoms with van der Waals surface area (Å²) in [6, 6.07) is -0.324. The quantitative estimate of drug-likeness (QED) is 0.618. The lowest BCUT2D eigenvalue weighted by molar-refractivity contribution is -0.149. The molecular weight excluding hydrogens is 295 g/mol. The van der Waals surface area contributed by atoms with Gasteiger partial charge in [-0.05, 0) is 46.5 Å². The molecule has 1 aliphatic rings. The molecular formula is C16H26F3NO2. The van der Waals surface area contributed by atoms with Gasteiger partial charge in [0.15, 0.2) is 0 Å². The van der Waals surface area contributed by atoms with Crippen LogP contribution in [0.2, 0.25) is 0 Å². The average Bonchev–Trinajstić information content (AvgIpc) is 2.35. The van der Waals surface area contributed by atoms with Crippen LogP contribution < -0.4 is 5.32 Å². The summed E-state index contributed by atoms with van der Waals surface area (Å²) in [6.07, 6.45) is 1.01. The minimum Gasteiger partial charge on any atom is -0.457 e. The van der Waals surface area contributed by atoms with E-state index in [1.165, 1.54) is 0 Å². The second-order valence-corrected chi connectivity index (χ2v) is 6.92. The van der Waals surface area contributed by atoms with Crippen LogP contribution in [-0.2, 0) is 9.53 Å². The van der Waals surface area contributed by atoms with Crippen LogP contribution in [0.5, 0.6) is 0 Å². The highest BCUT2D eigenvalue weighted by Gasteiger charge is 2.37. The molecule has 0 bridgehead atoms. The molecule has 0 aliphatic heterocycles. The van der Waals surface area contributed by atoms with E-state index in [-0.39, 0.29) is 12.0 Å². The van der Waals surface area contributed by atoms with Crippen LogP contribution in [0.1, 0.15) is 59.8 Å². The van der Waals surface area contributed by atoms with Crippen LogP contribution in [0.25, 0.3) is 0 Å².